The molecule has 0 atom stereocenters. The topological polar surface area (TPSA) is 111 Å². The molecular formula is C18H22N4O4. The first-order chi connectivity index (χ1) is 12.6. The molecule has 3 rings (SSSR count). The van der Waals surface area contributed by atoms with Crippen molar-refractivity contribution in [2.24, 2.45) is 0 Å². The summed E-state index contributed by atoms with van der Waals surface area (Å²) in [5.41, 5.74) is 7.29. The highest BCUT2D eigenvalue weighted by Gasteiger charge is 2.25. The molecule has 8 nitrogen and oxygen atoms in total. The lowest BCUT2D eigenvalue weighted by Crippen LogP contribution is -2.46. The number of benzene rings is 1. The molecule has 138 valence electrons. The molecule has 3 N–H and O–H groups in total. The van der Waals surface area contributed by atoms with Crippen LogP contribution in [0, 0.1) is 0 Å². The lowest BCUT2D eigenvalue weighted by molar-refractivity contribution is 0.0856. The van der Waals surface area contributed by atoms with E-state index in [1.807, 2.05) is 12.1 Å². The summed E-state index contributed by atoms with van der Waals surface area (Å²) in [4.78, 5) is 30.0. The third kappa shape index (κ3) is 3.96. The Morgan fingerprint density at radius 1 is 1.35 bits per heavy atom. The third-order valence-corrected chi connectivity index (χ3v) is 4.28. The molecule has 2 heterocycles. The Balaban J connectivity index is 1.57. The van der Waals surface area contributed by atoms with Crippen molar-refractivity contribution < 1.29 is 18.7 Å². The van der Waals surface area contributed by atoms with E-state index in [-0.39, 0.29) is 23.7 Å². The van der Waals surface area contributed by atoms with Crippen molar-refractivity contribution in [1.29, 1.82) is 0 Å². The van der Waals surface area contributed by atoms with Crippen LogP contribution >= 0.6 is 0 Å². The molecule has 0 saturated carbocycles. The number of likely N-dealkylation sites (tertiary alicyclic amines) is 1. The van der Waals surface area contributed by atoms with Gasteiger partial charge in [-0.05, 0) is 31.9 Å². The molecule has 1 fully saturated rings. The van der Waals surface area contributed by atoms with Gasteiger partial charge in [0, 0.05) is 24.8 Å². The smallest absolute Gasteiger partial charge is 0.409 e. The lowest BCUT2D eigenvalue weighted by Gasteiger charge is -2.31. The van der Waals surface area contributed by atoms with Crippen LogP contribution in [0.4, 0.5) is 10.5 Å². The summed E-state index contributed by atoms with van der Waals surface area (Å²) < 4.78 is 10.4. The highest BCUT2D eigenvalue weighted by molar-refractivity contribution is 5.92. The van der Waals surface area contributed by atoms with Crippen molar-refractivity contribution in [2.75, 3.05) is 25.4 Å². The first kappa shape index (κ1) is 17.8. The van der Waals surface area contributed by atoms with Gasteiger partial charge in [-0.15, -0.1) is 0 Å². The predicted octanol–water partition coefficient (Wildman–Crippen LogP) is 2.27. The number of nitrogens with one attached hydrogen (secondary N) is 1. The lowest BCUT2D eigenvalue weighted by atomic mass is 10.1. The van der Waals surface area contributed by atoms with Crippen molar-refractivity contribution in [1.82, 2.24) is 15.2 Å². The number of nitrogens with two attached hydrogens (primary N) is 1. The largest absolute Gasteiger partial charge is 0.450 e. The number of oxazole rings is 1. The molecule has 1 saturated heterocycles. The minimum absolute atomic E-state index is 0.0184. The number of aromatic nitrogens is 1. The first-order valence-corrected chi connectivity index (χ1v) is 8.61. The van der Waals surface area contributed by atoms with Crippen LogP contribution in [-0.2, 0) is 4.74 Å². The van der Waals surface area contributed by atoms with Crippen molar-refractivity contribution in [3.05, 3.63) is 36.2 Å². The van der Waals surface area contributed by atoms with Crippen LogP contribution in [0.25, 0.3) is 11.5 Å². The number of rotatable bonds is 4. The minimum Gasteiger partial charge on any atom is -0.450 e. The highest BCUT2D eigenvalue weighted by atomic mass is 16.6. The molecule has 0 aliphatic carbocycles. The summed E-state index contributed by atoms with van der Waals surface area (Å²) >= 11 is 0. The number of piperidine rings is 1. The normalized spacial score (nSPS) is 14.9. The standard InChI is InChI=1S/C18H22N4O4/c1-2-25-18(24)22-9-7-12(8-10-22)20-16(23)15-11-26-17(21-15)13-5-3-4-6-14(13)19/h3-6,11-12H,2,7-10,19H2,1H3,(H,20,23). The van der Waals surface area contributed by atoms with E-state index >= 15 is 0 Å². The van der Waals surface area contributed by atoms with Gasteiger partial charge in [-0.3, -0.25) is 4.79 Å². The number of nitrogens with zero attached hydrogens (tertiary/aromatic N) is 2. The van der Waals surface area contributed by atoms with Crippen molar-refractivity contribution in [3.63, 3.8) is 0 Å². The average Bonchev–Trinajstić information content (AvgIpc) is 3.13. The fraction of sp³-hybridized carbons (Fsp3) is 0.389. The Bertz CT molecular complexity index is 781. The number of carbonyl (C=O) groups is 2. The third-order valence-electron chi connectivity index (χ3n) is 4.28. The molecule has 8 heteroatoms. The van der Waals surface area contributed by atoms with E-state index in [9.17, 15) is 9.59 Å². The molecule has 1 aliphatic heterocycles. The Morgan fingerprint density at radius 3 is 2.77 bits per heavy atom. The molecule has 0 unspecified atom stereocenters. The molecule has 2 aromatic rings. The summed E-state index contributed by atoms with van der Waals surface area (Å²) in [6.07, 6.45) is 2.35. The van der Waals surface area contributed by atoms with Crippen molar-refractivity contribution in [2.45, 2.75) is 25.8 Å². The molecule has 0 bridgehead atoms. The molecule has 0 radical (unpaired) electrons. The van der Waals surface area contributed by atoms with E-state index in [1.54, 1.807) is 24.0 Å². The van der Waals surface area contributed by atoms with Crippen LogP contribution in [0.5, 0.6) is 0 Å². The van der Waals surface area contributed by atoms with Crippen LogP contribution in [-0.4, -0.2) is 47.6 Å². The summed E-state index contributed by atoms with van der Waals surface area (Å²) in [5.74, 6) is 0.00877. The molecule has 2 amide bonds. The average molecular weight is 358 g/mol. The van der Waals surface area contributed by atoms with Gasteiger partial charge in [0.05, 0.1) is 12.2 Å². The van der Waals surface area contributed by atoms with Crippen LogP contribution in [0.1, 0.15) is 30.3 Å². The number of hydrogen-bond donors (Lipinski definition) is 2. The molecule has 26 heavy (non-hydrogen) atoms. The van der Waals surface area contributed by atoms with E-state index in [0.29, 0.717) is 49.7 Å². The Labute approximate surface area is 151 Å². The Morgan fingerprint density at radius 2 is 2.08 bits per heavy atom. The van der Waals surface area contributed by atoms with Crippen LogP contribution < -0.4 is 11.1 Å². The highest BCUT2D eigenvalue weighted by Crippen LogP contribution is 2.24. The fourth-order valence-corrected chi connectivity index (χ4v) is 2.87. The number of hydrogen-bond acceptors (Lipinski definition) is 6. The second-order valence-corrected chi connectivity index (χ2v) is 6.06. The van der Waals surface area contributed by atoms with Gasteiger partial charge < -0.3 is 25.1 Å². The van der Waals surface area contributed by atoms with Gasteiger partial charge in [0.15, 0.2) is 5.69 Å². The second kappa shape index (κ2) is 7.90. The molecule has 1 aromatic carbocycles. The molecule has 0 spiro atoms. The van der Waals surface area contributed by atoms with Crippen molar-refractivity contribution >= 4 is 17.7 Å². The molecule has 1 aromatic heterocycles. The number of amides is 2. The van der Waals surface area contributed by atoms with Gasteiger partial charge in [0.2, 0.25) is 5.89 Å². The van der Waals surface area contributed by atoms with Crippen LogP contribution in [0.3, 0.4) is 0 Å². The van der Waals surface area contributed by atoms with Gasteiger partial charge in [0.1, 0.15) is 6.26 Å². The first-order valence-electron chi connectivity index (χ1n) is 8.61. The van der Waals surface area contributed by atoms with Gasteiger partial charge in [0.25, 0.3) is 5.91 Å². The molecule has 1 aliphatic rings. The maximum atomic E-state index is 12.4. The zero-order valence-electron chi connectivity index (χ0n) is 14.6. The SMILES string of the molecule is CCOC(=O)N1CCC(NC(=O)c2coc(-c3ccccc3N)n2)CC1. The number of anilines is 1. The fourth-order valence-electron chi connectivity index (χ4n) is 2.87. The predicted molar refractivity (Wildman–Crippen MR) is 95.4 cm³/mol. The quantitative estimate of drug-likeness (QED) is 0.811. The number of ether oxygens (including phenoxy) is 1. The van der Waals surface area contributed by atoms with Crippen molar-refractivity contribution in [3.8, 4) is 11.5 Å². The Hall–Kier alpha value is -3.03. The van der Waals surface area contributed by atoms with E-state index in [4.69, 9.17) is 14.9 Å². The number of para-hydroxylation sites is 1. The van der Waals surface area contributed by atoms with Gasteiger partial charge >= 0.3 is 6.09 Å². The molecular weight excluding hydrogens is 336 g/mol. The maximum Gasteiger partial charge on any atom is 0.409 e. The Kier molecular flexibility index (Phi) is 5.40. The van der Waals surface area contributed by atoms with E-state index < -0.39 is 0 Å². The van der Waals surface area contributed by atoms with Gasteiger partial charge in [-0.25, -0.2) is 9.78 Å². The number of carbonyl (C=O) groups excluding carboxylic acids is 2. The zero-order valence-corrected chi connectivity index (χ0v) is 14.6. The monoisotopic (exact) mass is 358 g/mol. The minimum atomic E-state index is -0.307. The zero-order chi connectivity index (χ0) is 18.5. The second-order valence-electron chi connectivity index (χ2n) is 6.06. The van der Waals surface area contributed by atoms with Gasteiger partial charge in [-0.1, -0.05) is 12.1 Å². The maximum absolute atomic E-state index is 12.4. The van der Waals surface area contributed by atoms with Gasteiger partial charge in [-0.2, -0.15) is 0 Å². The number of nitrogen functional groups attached to an aromatic ring is 1. The van der Waals surface area contributed by atoms with Crippen LogP contribution in [0.2, 0.25) is 0 Å². The van der Waals surface area contributed by atoms with E-state index in [0.717, 1.165) is 0 Å². The summed E-state index contributed by atoms with van der Waals surface area (Å²) in [6.45, 7) is 3.23. The summed E-state index contributed by atoms with van der Waals surface area (Å²) in [5, 5.41) is 2.93. The van der Waals surface area contributed by atoms with E-state index in [2.05, 4.69) is 10.3 Å². The van der Waals surface area contributed by atoms with E-state index in [1.165, 1.54) is 6.26 Å². The summed E-state index contributed by atoms with van der Waals surface area (Å²) in [7, 11) is 0. The van der Waals surface area contributed by atoms with Crippen LogP contribution in [0.15, 0.2) is 34.9 Å². The summed E-state index contributed by atoms with van der Waals surface area (Å²) in [6, 6.07) is 7.16.